The second-order valence-corrected chi connectivity index (χ2v) is 9.49. The zero-order valence-corrected chi connectivity index (χ0v) is 22.2. The maximum Gasteiger partial charge on any atom is 4.00 e. The van der Waals surface area contributed by atoms with E-state index in [-0.39, 0.29) is 44.3 Å². The normalized spacial score (nSPS) is 14.0. The predicted molar refractivity (Wildman–Crippen MR) is 112 cm³/mol. The molecule has 1 rings (SSSR count). The molecule has 25 heavy (non-hydrogen) atoms. The van der Waals surface area contributed by atoms with Crippen LogP contribution in [0.5, 0.6) is 0 Å². The minimum atomic E-state index is -1.83. The first-order chi connectivity index (χ1) is 11.0. The van der Waals surface area contributed by atoms with Crippen LogP contribution in [-0.2, 0) is 26.2 Å². The fourth-order valence-electron chi connectivity index (χ4n) is 0.340. The second-order valence-electron chi connectivity index (χ2n) is 5.81. The molecule has 1 aliphatic rings. The Hall–Kier alpha value is 0.716. The van der Waals surface area contributed by atoms with Crippen LogP contribution in [0.15, 0.2) is 18.2 Å². The summed E-state index contributed by atoms with van der Waals surface area (Å²) in [5, 5.41) is 0. The van der Waals surface area contributed by atoms with E-state index in [1.165, 1.54) is 0 Å². The van der Waals surface area contributed by atoms with Crippen molar-refractivity contribution >= 4 is 14.8 Å². The summed E-state index contributed by atoms with van der Waals surface area (Å²) < 4.78 is 11.2. The van der Waals surface area contributed by atoms with Gasteiger partial charge in [0.2, 0.25) is 0 Å². The number of rotatable bonds is 3. The van der Waals surface area contributed by atoms with Gasteiger partial charge in [-0.3, -0.25) is 6.08 Å². The van der Waals surface area contributed by atoms with Crippen LogP contribution in [-0.4, -0.2) is 32.9 Å². The van der Waals surface area contributed by atoms with E-state index in [2.05, 4.69) is 12.2 Å². The third-order valence-electron chi connectivity index (χ3n) is 2.42. The van der Waals surface area contributed by atoms with Gasteiger partial charge in [0.1, 0.15) is 0 Å². The minimum absolute atomic E-state index is 0. The van der Waals surface area contributed by atoms with Crippen LogP contribution in [0.1, 0.15) is 67.2 Å². The molecular weight excluding hydrogens is 453 g/mol. The molecule has 6 heteroatoms. The summed E-state index contributed by atoms with van der Waals surface area (Å²) in [4.78, 5) is 0. The van der Waals surface area contributed by atoms with Gasteiger partial charge in [0, 0.05) is 0 Å². The number of hydrogen-bond donors (Lipinski definition) is 0. The van der Waals surface area contributed by atoms with Crippen molar-refractivity contribution in [1.82, 2.24) is 0 Å². The molecule has 0 aromatic heterocycles. The van der Waals surface area contributed by atoms with E-state index >= 15 is 0 Å². The van der Waals surface area contributed by atoms with Crippen molar-refractivity contribution in [3.8, 4) is 0 Å². The fraction of sp³-hybridized carbons (Fsp3) is 0.789. The Morgan fingerprint density at radius 1 is 0.920 bits per heavy atom. The first-order valence-corrected chi connectivity index (χ1v) is 13.8. The SMILES string of the molecule is CCC(C)[NH-].CCC(C)[NH-].CCC(C)[NH-].[C-]1=CC=CC1.[CH3][Ge]([CH3])[F].[Zr+4]. The largest absolute Gasteiger partial charge is 4.00 e. The molecule has 0 spiro atoms. The Balaban J connectivity index is -0.0000000662. The average Bonchev–Trinajstić information content (AvgIpc) is 3.07. The van der Waals surface area contributed by atoms with Crippen LogP contribution >= 0.6 is 0 Å². The Bertz CT molecular complexity index is 227. The van der Waals surface area contributed by atoms with Crippen molar-refractivity contribution in [3.63, 3.8) is 0 Å². The summed E-state index contributed by atoms with van der Waals surface area (Å²) in [6.07, 6.45) is 12.9. The van der Waals surface area contributed by atoms with Crippen LogP contribution < -0.4 is 0 Å². The van der Waals surface area contributed by atoms with Crippen molar-refractivity contribution < 1.29 is 29.7 Å². The van der Waals surface area contributed by atoms with Gasteiger partial charge in [0.15, 0.2) is 0 Å². The van der Waals surface area contributed by atoms with Crippen LogP contribution in [0.4, 0.5) is 3.50 Å². The number of nitrogens with one attached hydrogen (secondary N) is 3. The van der Waals surface area contributed by atoms with Gasteiger partial charge in [0.25, 0.3) is 0 Å². The van der Waals surface area contributed by atoms with E-state index in [4.69, 9.17) is 17.2 Å². The molecule has 0 aliphatic heterocycles. The number of hydrogen-bond acceptors (Lipinski definition) is 0. The predicted octanol–water partition coefficient (Wildman–Crippen LogP) is 8.02. The van der Waals surface area contributed by atoms with E-state index in [1.807, 2.05) is 53.7 Å². The monoisotopic (exact) mass is 494 g/mol. The molecule has 0 aromatic rings. The van der Waals surface area contributed by atoms with Crippen LogP contribution in [0.25, 0.3) is 17.2 Å². The molecule has 3 nitrogen and oxygen atoms in total. The second kappa shape index (κ2) is 32.4. The van der Waals surface area contributed by atoms with Gasteiger partial charge < -0.3 is 17.2 Å². The van der Waals surface area contributed by atoms with Crippen molar-refractivity contribution in [3.05, 3.63) is 41.5 Å². The zero-order chi connectivity index (χ0) is 20.0. The van der Waals surface area contributed by atoms with Crippen molar-refractivity contribution in [1.29, 1.82) is 0 Å². The summed E-state index contributed by atoms with van der Waals surface area (Å²) in [5.74, 6) is 3.33. The summed E-state index contributed by atoms with van der Waals surface area (Å²) in [6.45, 7) is 11.7. The van der Waals surface area contributed by atoms with E-state index in [0.717, 1.165) is 25.7 Å². The molecule has 0 saturated carbocycles. The number of halogens is 1. The van der Waals surface area contributed by atoms with Crippen molar-refractivity contribution in [2.75, 3.05) is 0 Å². The van der Waals surface area contributed by atoms with Crippen LogP contribution in [0.2, 0.25) is 11.5 Å². The fourth-order valence-corrected chi connectivity index (χ4v) is 0.340. The van der Waals surface area contributed by atoms with Gasteiger partial charge in [-0.15, -0.1) is 24.5 Å². The van der Waals surface area contributed by atoms with E-state index in [9.17, 15) is 3.50 Å². The first kappa shape index (κ1) is 36.6. The maximum absolute atomic E-state index is 11.2. The average molecular weight is 494 g/mol. The Kier molecular flexibility index (Phi) is 47.4. The van der Waals surface area contributed by atoms with Gasteiger partial charge in [-0.05, 0) is 0 Å². The molecule has 0 fully saturated rings. The zero-order valence-electron chi connectivity index (χ0n) is 17.7. The molecule has 1 radical (unpaired) electrons. The quantitative estimate of drug-likeness (QED) is 0.282. The molecule has 3 N–H and O–H groups in total. The summed E-state index contributed by atoms with van der Waals surface area (Å²) in [6, 6.07) is 0.403. The van der Waals surface area contributed by atoms with E-state index < -0.39 is 14.8 Å². The topological polar surface area (TPSA) is 71.4 Å². The standard InChI is InChI=1S/C5H5.3C4H10N.C2H6FGe.Zr/c1-2-4-5-3-1;3*1-3-4(2)5;1-4(2)3;/h1-3H,4H2;3*4-5H,3H2,1-2H3;1-2H3;/q4*-1;;+4. The molecule has 0 saturated heterocycles. The summed E-state index contributed by atoms with van der Waals surface area (Å²) in [7, 11) is 0. The minimum Gasteiger partial charge on any atom is 4.00 e. The van der Waals surface area contributed by atoms with Crippen LogP contribution in [0.3, 0.4) is 0 Å². The smallest absolute Gasteiger partial charge is 4.00 e. The molecule has 3 atom stereocenters. The van der Waals surface area contributed by atoms with Crippen LogP contribution in [0, 0.1) is 6.08 Å². The van der Waals surface area contributed by atoms with Gasteiger partial charge in [-0.25, -0.2) is 12.2 Å². The van der Waals surface area contributed by atoms with Crippen molar-refractivity contribution in [2.24, 2.45) is 0 Å². The molecule has 3 unspecified atom stereocenters. The van der Waals surface area contributed by atoms with Gasteiger partial charge in [-0.2, -0.15) is 6.08 Å². The van der Waals surface area contributed by atoms with Gasteiger partial charge in [-0.1, -0.05) is 60.8 Å². The van der Waals surface area contributed by atoms with E-state index in [1.54, 1.807) is 11.5 Å². The molecule has 0 amide bonds. The third kappa shape index (κ3) is 92.9. The molecule has 0 heterocycles. The molecule has 0 bridgehead atoms. The number of allylic oxidation sites excluding steroid dienone is 4. The first-order valence-electron chi connectivity index (χ1n) is 8.85. The van der Waals surface area contributed by atoms with Crippen molar-refractivity contribution in [2.45, 2.75) is 96.9 Å². The molecule has 0 aromatic carbocycles. The Labute approximate surface area is 182 Å². The molecule has 147 valence electrons. The Morgan fingerprint density at radius 2 is 1.16 bits per heavy atom. The Morgan fingerprint density at radius 3 is 1.20 bits per heavy atom. The van der Waals surface area contributed by atoms with Gasteiger partial charge in [0.05, 0.1) is 0 Å². The summed E-state index contributed by atoms with van der Waals surface area (Å²) in [5.41, 5.74) is 20.5. The molecule has 1 aliphatic carbocycles. The maximum atomic E-state index is 11.2. The molecular formula is C19H41FGeN3Zr. The van der Waals surface area contributed by atoms with Gasteiger partial charge >= 0.3 is 56.0 Å². The summed E-state index contributed by atoms with van der Waals surface area (Å²) >= 11 is -1.83. The van der Waals surface area contributed by atoms with E-state index in [0.29, 0.717) is 0 Å². The third-order valence-corrected chi connectivity index (χ3v) is 2.42.